The number of nitrogens with one attached hydrogen (secondary N) is 1. The Morgan fingerprint density at radius 3 is 2.50 bits per heavy atom. The molecular formula is C17H21N3O2. The Morgan fingerprint density at radius 1 is 1.18 bits per heavy atom. The third-order valence-electron chi connectivity index (χ3n) is 4.16. The summed E-state index contributed by atoms with van der Waals surface area (Å²) in [5.74, 6) is -0.894. The Labute approximate surface area is 130 Å². The van der Waals surface area contributed by atoms with Gasteiger partial charge in [-0.1, -0.05) is 30.3 Å². The van der Waals surface area contributed by atoms with Gasteiger partial charge in [-0.15, -0.1) is 0 Å². The van der Waals surface area contributed by atoms with Gasteiger partial charge in [-0.05, 0) is 17.7 Å². The number of nitrogens with zero attached hydrogens (tertiary/aromatic N) is 2. The Hall–Kier alpha value is -2.11. The fraction of sp³-hybridized carbons (Fsp3) is 0.353. The fourth-order valence-electron chi connectivity index (χ4n) is 2.88. The van der Waals surface area contributed by atoms with Crippen molar-refractivity contribution in [2.75, 3.05) is 26.2 Å². The topological polar surface area (TPSA) is 55.8 Å². The molecule has 0 aromatic heterocycles. The molecule has 5 heteroatoms. The van der Waals surface area contributed by atoms with Crippen LogP contribution in [0.5, 0.6) is 0 Å². The van der Waals surface area contributed by atoms with Crippen molar-refractivity contribution in [2.24, 2.45) is 0 Å². The lowest BCUT2D eigenvalue weighted by Gasteiger charge is -2.39. The van der Waals surface area contributed by atoms with Crippen LogP contribution in [0.15, 0.2) is 54.3 Å². The summed E-state index contributed by atoms with van der Waals surface area (Å²) in [5.41, 5.74) is 1.65. The van der Waals surface area contributed by atoms with Crippen LogP contribution in [-0.2, 0) is 11.3 Å². The molecule has 2 heterocycles. The maximum atomic E-state index is 10.9. The highest BCUT2D eigenvalue weighted by Crippen LogP contribution is 2.13. The van der Waals surface area contributed by atoms with E-state index < -0.39 is 5.97 Å². The number of rotatable bonds is 4. The van der Waals surface area contributed by atoms with Crippen LogP contribution >= 0.6 is 0 Å². The summed E-state index contributed by atoms with van der Waals surface area (Å²) in [6, 6.07) is 10.5. The molecule has 0 aliphatic carbocycles. The summed E-state index contributed by atoms with van der Waals surface area (Å²) in [5, 5.41) is 12.1. The molecule has 3 rings (SSSR count). The predicted molar refractivity (Wildman–Crippen MR) is 85.1 cm³/mol. The Kier molecular flexibility index (Phi) is 4.56. The van der Waals surface area contributed by atoms with Gasteiger partial charge in [-0.2, -0.15) is 0 Å². The van der Waals surface area contributed by atoms with Gasteiger partial charge in [0.15, 0.2) is 0 Å². The highest BCUT2D eigenvalue weighted by Gasteiger charge is 2.23. The highest BCUT2D eigenvalue weighted by atomic mass is 16.4. The van der Waals surface area contributed by atoms with Crippen molar-refractivity contribution in [1.29, 1.82) is 0 Å². The molecule has 0 saturated carbocycles. The van der Waals surface area contributed by atoms with Crippen LogP contribution in [0.2, 0.25) is 0 Å². The zero-order valence-electron chi connectivity index (χ0n) is 12.5. The molecule has 2 aliphatic heterocycles. The van der Waals surface area contributed by atoms with Crippen LogP contribution < -0.4 is 5.32 Å². The molecule has 1 fully saturated rings. The van der Waals surface area contributed by atoms with E-state index in [2.05, 4.69) is 39.4 Å². The summed E-state index contributed by atoms with van der Waals surface area (Å²) in [6.45, 7) is 4.99. The number of carboxylic acids is 1. The van der Waals surface area contributed by atoms with E-state index in [1.54, 1.807) is 12.3 Å². The average molecular weight is 299 g/mol. The first-order valence-electron chi connectivity index (χ1n) is 7.60. The number of hydrogen-bond donors (Lipinski definition) is 2. The number of carbonyl (C=O) groups is 1. The Bertz CT molecular complexity index is 575. The fourth-order valence-corrected chi connectivity index (χ4v) is 2.88. The number of dihydropyridines is 1. The normalized spacial score (nSPS) is 22.9. The minimum Gasteiger partial charge on any atom is -0.478 e. The predicted octanol–water partition coefficient (Wildman–Crippen LogP) is 1.26. The second kappa shape index (κ2) is 6.77. The zero-order valence-corrected chi connectivity index (χ0v) is 12.5. The summed E-state index contributed by atoms with van der Waals surface area (Å²) in [4.78, 5) is 15.7. The molecule has 2 aliphatic rings. The summed E-state index contributed by atoms with van der Waals surface area (Å²) < 4.78 is 0. The molecule has 116 valence electrons. The van der Waals surface area contributed by atoms with Crippen LogP contribution in [0.3, 0.4) is 0 Å². The molecule has 5 nitrogen and oxygen atoms in total. The third kappa shape index (κ3) is 3.55. The molecule has 1 unspecified atom stereocenters. The molecule has 0 bridgehead atoms. The first-order chi connectivity index (χ1) is 10.7. The van der Waals surface area contributed by atoms with Gasteiger partial charge in [0.25, 0.3) is 0 Å². The number of hydrogen-bond acceptors (Lipinski definition) is 4. The lowest BCUT2D eigenvalue weighted by molar-refractivity contribution is -0.132. The second-order valence-corrected chi connectivity index (χ2v) is 5.67. The summed E-state index contributed by atoms with van der Waals surface area (Å²) in [6.07, 6.45) is 5.29. The molecule has 1 aromatic rings. The van der Waals surface area contributed by atoms with E-state index in [9.17, 15) is 4.79 Å². The van der Waals surface area contributed by atoms with E-state index in [1.165, 1.54) is 5.56 Å². The van der Waals surface area contributed by atoms with Crippen LogP contribution in [0, 0.1) is 0 Å². The van der Waals surface area contributed by atoms with Gasteiger partial charge in [-0.25, -0.2) is 4.79 Å². The van der Waals surface area contributed by atoms with E-state index in [-0.39, 0.29) is 6.17 Å². The standard InChI is InChI=1S/C17H21N3O2/c21-17(22)15-6-7-16(18-12-15)20-10-8-19(9-11-20)13-14-4-2-1-3-5-14/h1-7,12,16,18H,8-11,13H2,(H,21,22). The van der Waals surface area contributed by atoms with E-state index >= 15 is 0 Å². The molecule has 1 aromatic carbocycles. The Balaban J connectivity index is 1.49. The number of carboxylic acid groups (broad SMARTS) is 1. The van der Waals surface area contributed by atoms with Gasteiger partial charge in [0.2, 0.25) is 0 Å². The monoisotopic (exact) mass is 299 g/mol. The van der Waals surface area contributed by atoms with Crippen molar-refractivity contribution < 1.29 is 9.90 Å². The maximum Gasteiger partial charge on any atom is 0.337 e. The summed E-state index contributed by atoms with van der Waals surface area (Å²) >= 11 is 0. The number of aliphatic carboxylic acids is 1. The molecule has 0 spiro atoms. The first-order valence-corrected chi connectivity index (χ1v) is 7.60. The quantitative estimate of drug-likeness (QED) is 0.876. The molecular weight excluding hydrogens is 278 g/mol. The third-order valence-corrected chi connectivity index (χ3v) is 4.16. The van der Waals surface area contributed by atoms with E-state index in [0.717, 1.165) is 32.7 Å². The lowest BCUT2D eigenvalue weighted by atomic mass is 10.1. The molecule has 0 amide bonds. The smallest absolute Gasteiger partial charge is 0.337 e. The first kappa shape index (κ1) is 14.8. The molecule has 1 saturated heterocycles. The maximum absolute atomic E-state index is 10.9. The minimum atomic E-state index is -0.894. The van der Waals surface area contributed by atoms with E-state index in [1.807, 2.05) is 12.1 Å². The Morgan fingerprint density at radius 2 is 1.91 bits per heavy atom. The summed E-state index contributed by atoms with van der Waals surface area (Å²) in [7, 11) is 0. The average Bonchev–Trinajstić information content (AvgIpc) is 2.57. The van der Waals surface area contributed by atoms with Gasteiger partial charge in [-0.3, -0.25) is 9.80 Å². The van der Waals surface area contributed by atoms with Crippen molar-refractivity contribution >= 4 is 5.97 Å². The van der Waals surface area contributed by atoms with Crippen molar-refractivity contribution in [2.45, 2.75) is 12.7 Å². The van der Waals surface area contributed by atoms with Gasteiger partial charge < -0.3 is 10.4 Å². The van der Waals surface area contributed by atoms with Crippen molar-refractivity contribution in [3.8, 4) is 0 Å². The van der Waals surface area contributed by atoms with Crippen molar-refractivity contribution in [3.05, 3.63) is 59.8 Å². The van der Waals surface area contributed by atoms with Gasteiger partial charge in [0, 0.05) is 38.9 Å². The molecule has 22 heavy (non-hydrogen) atoms. The van der Waals surface area contributed by atoms with Crippen LogP contribution in [0.25, 0.3) is 0 Å². The second-order valence-electron chi connectivity index (χ2n) is 5.67. The van der Waals surface area contributed by atoms with E-state index in [0.29, 0.717) is 5.57 Å². The minimum absolute atomic E-state index is 0.0991. The van der Waals surface area contributed by atoms with Crippen LogP contribution in [0.1, 0.15) is 5.56 Å². The number of benzene rings is 1. The largest absolute Gasteiger partial charge is 0.478 e. The molecule has 2 N–H and O–H groups in total. The van der Waals surface area contributed by atoms with Gasteiger partial charge >= 0.3 is 5.97 Å². The zero-order chi connectivity index (χ0) is 15.4. The van der Waals surface area contributed by atoms with Crippen LogP contribution in [0.4, 0.5) is 0 Å². The van der Waals surface area contributed by atoms with Crippen molar-refractivity contribution in [3.63, 3.8) is 0 Å². The highest BCUT2D eigenvalue weighted by molar-refractivity contribution is 5.89. The van der Waals surface area contributed by atoms with Crippen molar-refractivity contribution in [1.82, 2.24) is 15.1 Å². The molecule has 0 radical (unpaired) electrons. The van der Waals surface area contributed by atoms with E-state index in [4.69, 9.17) is 5.11 Å². The molecule has 1 atom stereocenters. The lowest BCUT2D eigenvalue weighted by Crippen LogP contribution is -2.53. The number of piperazine rings is 1. The van der Waals surface area contributed by atoms with Gasteiger partial charge in [0.05, 0.1) is 11.7 Å². The van der Waals surface area contributed by atoms with Gasteiger partial charge in [0.1, 0.15) is 0 Å². The van der Waals surface area contributed by atoms with Crippen LogP contribution in [-0.4, -0.2) is 53.2 Å². The SMILES string of the molecule is O=C(O)C1=CNC(N2CCN(Cc3ccccc3)CC2)C=C1.